The Morgan fingerprint density at radius 1 is 0.892 bits per heavy atom. The lowest BCUT2D eigenvalue weighted by Gasteiger charge is -2.30. The van der Waals surface area contributed by atoms with Gasteiger partial charge in [0.25, 0.3) is 0 Å². The first kappa shape index (κ1) is 24.9. The smallest absolute Gasteiger partial charge is 0.163 e. The van der Waals surface area contributed by atoms with Gasteiger partial charge in [0.2, 0.25) is 0 Å². The maximum Gasteiger partial charge on any atom is 0.163 e. The Labute approximate surface area is 219 Å². The van der Waals surface area contributed by atoms with Gasteiger partial charge in [0.1, 0.15) is 11.5 Å². The molecule has 5 rings (SSSR count). The number of rotatable bonds is 8. The topological polar surface area (TPSA) is 59.6 Å². The van der Waals surface area contributed by atoms with E-state index in [2.05, 4.69) is 61.7 Å². The van der Waals surface area contributed by atoms with E-state index in [9.17, 15) is 4.79 Å². The predicted molar refractivity (Wildman–Crippen MR) is 149 cm³/mol. The summed E-state index contributed by atoms with van der Waals surface area (Å²) in [5.41, 5.74) is 5.89. The summed E-state index contributed by atoms with van der Waals surface area (Å²) in [5, 5.41) is 7.30. The maximum atomic E-state index is 13.9. The van der Waals surface area contributed by atoms with Crippen LogP contribution in [0.4, 0.5) is 11.4 Å². The molecule has 0 radical (unpaired) electrons. The molecule has 5 nitrogen and oxygen atoms in total. The van der Waals surface area contributed by atoms with Gasteiger partial charge in [-0.1, -0.05) is 63.2 Å². The molecule has 1 aliphatic carbocycles. The molecule has 2 unspecified atom stereocenters. The summed E-state index contributed by atoms with van der Waals surface area (Å²) in [5.74, 6) is 2.43. The van der Waals surface area contributed by atoms with Gasteiger partial charge in [0.15, 0.2) is 5.78 Å². The van der Waals surface area contributed by atoms with Gasteiger partial charge in [-0.3, -0.25) is 4.79 Å². The normalized spacial score (nSPS) is 18.9. The van der Waals surface area contributed by atoms with Gasteiger partial charge >= 0.3 is 0 Å². The van der Waals surface area contributed by atoms with Gasteiger partial charge in [0.05, 0.1) is 30.6 Å². The average Bonchev–Trinajstić information content (AvgIpc) is 3.08. The quantitative estimate of drug-likeness (QED) is 0.338. The van der Waals surface area contributed by atoms with Crippen LogP contribution in [0, 0.1) is 5.92 Å². The second-order valence-corrected chi connectivity index (χ2v) is 10.3. The fourth-order valence-electron chi connectivity index (χ4n) is 5.12. The van der Waals surface area contributed by atoms with E-state index in [1.807, 2.05) is 42.5 Å². The molecule has 2 aliphatic rings. The predicted octanol–water partition coefficient (Wildman–Crippen LogP) is 7.49. The first-order valence-corrected chi connectivity index (χ1v) is 13.4. The monoisotopic (exact) mass is 496 g/mol. The highest BCUT2D eigenvalue weighted by atomic mass is 16.5. The van der Waals surface area contributed by atoms with Crippen molar-refractivity contribution in [3.05, 3.63) is 95.2 Å². The molecule has 1 aliphatic heterocycles. The van der Waals surface area contributed by atoms with Gasteiger partial charge in [-0.2, -0.15) is 0 Å². The molecular weight excluding hydrogens is 460 g/mol. The molecule has 0 amide bonds. The molecule has 3 aromatic carbocycles. The minimum Gasteiger partial charge on any atom is -0.493 e. The Balaban J connectivity index is 1.50. The number of nitrogens with one attached hydrogen (secondary N) is 2. The van der Waals surface area contributed by atoms with E-state index in [0.29, 0.717) is 25.6 Å². The van der Waals surface area contributed by atoms with E-state index in [1.54, 1.807) is 0 Å². The Morgan fingerprint density at radius 2 is 1.62 bits per heavy atom. The fourth-order valence-corrected chi connectivity index (χ4v) is 5.12. The van der Waals surface area contributed by atoms with Gasteiger partial charge in [-0.25, -0.2) is 0 Å². The summed E-state index contributed by atoms with van der Waals surface area (Å²) in [6, 6.07) is 24.2. The van der Waals surface area contributed by atoms with E-state index in [-0.39, 0.29) is 17.7 Å². The van der Waals surface area contributed by atoms with Crippen LogP contribution in [0.2, 0.25) is 0 Å². The lowest BCUT2D eigenvalue weighted by atomic mass is 9.78. The molecule has 37 heavy (non-hydrogen) atoms. The lowest BCUT2D eigenvalue weighted by molar-refractivity contribution is -0.116. The number of benzene rings is 3. The van der Waals surface area contributed by atoms with Gasteiger partial charge in [-0.15, -0.1) is 0 Å². The van der Waals surface area contributed by atoms with Gasteiger partial charge in [-0.05, 0) is 60.6 Å². The third-order valence-electron chi connectivity index (χ3n) is 6.94. The second-order valence-electron chi connectivity index (χ2n) is 10.3. The molecule has 2 N–H and O–H groups in total. The number of ether oxygens (including phenoxy) is 2. The van der Waals surface area contributed by atoms with Crippen LogP contribution in [-0.2, 0) is 4.79 Å². The molecule has 0 saturated carbocycles. The van der Waals surface area contributed by atoms with E-state index < -0.39 is 0 Å². The second kappa shape index (κ2) is 11.1. The number of fused-ring (bicyclic) bond motifs is 1. The van der Waals surface area contributed by atoms with Crippen LogP contribution in [0.15, 0.2) is 84.1 Å². The molecule has 3 aromatic rings. The summed E-state index contributed by atoms with van der Waals surface area (Å²) in [7, 11) is 0. The third kappa shape index (κ3) is 5.51. The number of hydrogen-bond acceptors (Lipinski definition) is 5. The number of ketones is 1. The van der Waals surface area contributed by atoms with Gasteiger partial charge in [0, 0.05) is 23.3 Å². The molecule has 0 aromatic heterocycles. The Hall–Kier alpha value is -3.73. The van der Waals surface area contributed by atoms with E-state index >= 15 is 0 Å². The van der Waals surface area contributed by atoms with Crippen LogP contribution in [0.25, 0.3) is 0 Å². The van der Waals surface area contributed by atoms with Crippen LogP contribution < -0.4 is 20.1 Å². The summed E-state index contributed by atoms with van der Waals surface area (Å²) < 4.78 is 12.0. The minimum atomic E-state index is -0.292. The molecule has 0 fully saturated rings. The highest BCUT2D eigenvalue weighted by Gasteiger charge is 2.37. The number of hydrogen-bond donors (Lipinski definition) is 2. The fraction of sp³-hybridized carbons (Fsp3) is 0.344. The van der Waals surface area contributed by atoms with E-state index in [0.717, 1.165) is 58.1 Å². The molecule has 0 bridgehead atoms. The van der Waals surface area contributed by atoms with E-state index in [4.69, 9.17) is 9.47 Å². The average molecular weight is 497 g/mol. The SMILES string of the molecule is CCCOc1ccccc1C1Nc2ccccc2NC2=C1C(=O)CC(c1ccc(OCC(C)C)cc1)C2. The van der Waals surface area contributed by atoms with Crippen molar-refractivity contribution in [1.82, 2.24) is 0 Å². The van der Waals surface area contributed by atoms with Crippen LogP contribution in [0.5, 0.6) is 11.5 Å². The zero-order valence-electron chi connectivity index (χ0n) is 21.9. The van der Waals surface area contributed by atoms with Crippen LogP contribution >= 0.6 is 0 Å². The van der Waals surface area contributed by atoms with Crippen molar-refractivity contribution in [3.8, 4) is 11.5 Å². The Morgan fingerprint density at radius 3 is 2.38 bits per heavy atom. The van der Waals surface area contributed by atoms with Crippen molar-refractivity contribution in [2.24, 2.45) is 5.92 Å². The number of anilines is 2. The standard InChI is InChI=1S/C32H36N2O3/c1-4-17-36-30-12-8-5-9-25(30)32-31-28(33-26-10-6-7-11-27(26)34-32)18-23(19-29(31)35)22-13-15-24(16-14-22)37-20-21(2)3/h5-16,21,23,32-34H,4,17-20H2,1-3H3. The third-order valence-corrected chi connectivity index (χ3v) is 6.94. The Kier molecular flexibility index (Phi) is 7.50. The van der Waals surface area contributed by atoms with E-state index in [1.165, 1.54) is 0 Å². The van der Waals surface area contributed by atoms with Crippen LogP contribution in [0.3, 0.4) is 0 Å². The Bertz CT molecular complexity index is 1280. The molecule has 192 valence electrons. The van der Waals surface area contributed by atoms with Crippen molar-refractivity contribution < 1.29 is 14.3 Å². The number of allylic oxidation sites excluding steroid dienone is 1. The highest BCUT2D eigenvalue weighted by Crippen LogP contribution is 2.45. The molecule has 0 spiro atoms. The number of Topliss-reactive ketones (excluding diaryl/α,β-unsaturated/α-hetero) is 1. The van der Waals surface area contributed by atoms with Crippen LogP contribution in [-0.4, -0.2) is 19.0 Å². The number of para-hydroxylation sites is 3. The van der Waals surface area contributed by atoms with Crippen molar-refractivity contribution in [1.29, 1.82) is 0 Å². The number of carbonyl (C=O) groups is 1. The first-order chi connectivity index (χ1) is 18.0. The van der Waals surface area contributed by atoms with Crippen molar-refractivity contribution >= 4 is 17.2 Å². The molecule has 1 heterocycles. The zero-order chi connectivity index (χ0) is 25.8. The maximum absolute atomic E-state index is 13.9. The van der Waals surface area contributed by atoms with Crippen LogP contribution in [0.1, 0.15) is 63.1 Å². The highest BCUT2D eigenvalue weighted by molar-refractivity contribution is 6.01. The molecule has 2 atom stereocenters. The molecule has 5 heteroatoms. The van der Waals surface area contributed by atoms with Crippen molar-refractivity contribution in [2.75, 3.05) is 23.8 Å². The van der Waals surface area contributed by atoms with Crippen molar-refractivity contribution in [2.45, 2.75) is 52.0 Å². The van der Waals surface area contributed by atoms with Crippen molar-refractivity contribution in [3.63, 3.8) is 0 Å². The molecular formula is C32H36N2O3. The summed E-state index contributed by atoms with van der Waals surface area (Å²) in [6.07, 6.45) is 2.16. The summed E-state index contributed by atoms with van der Waals surface area (Å²) >= 11 is 0. The summed E-state index contributed by atoms with van der Waals surface area (Å²) in [4.78, 5) is 13.9. The van der Waals surface area contributed by atoms with Gasteiger partial charge < -0.3 is 20.1 Å². The minimum absolute atomic E-state index is 0.107. The number of carbonyl (C=O) groups excluding carboxylic acids is 1. The lowest BCUT2D eigenvalue weighted by Crippen LogP contribution is -2.27. The zero-order valence-corrected chi connectivity index (χ0v) is 21.9. The first-order valence-electron chi connectivity index (χ1n) is 13.4. The summed E-state index contributed by atoms with van der Waals surface area (Å²) in [6.45, 7) is 7.71. The molecule has 0 saturated heterocycles. The largest absolute Gasteiger partial charge is 0.493 e.